The van der Waals surface area contributed by atoms with E-state index in [4.69, 9.17) is 23.2 Å². The third-order valence-electron chi connectivity index (χ3n) is 4.55. The summed E-state index contributed by atoms with van der Waals surface area (Å²) in [5.74, 6) is -0.769. The third kappa shape index (κ3) is 3.34. The lowest BCUT2D eigenvalue weighted by molar-refractivity contribution is -0.134. The number of aromatic nitrogens is 1. The summed E-state index contributed by atoms with van der Waals surface area (Å²) in [5.41, 5.74) is 0.153. The van der Waals surface area contributed by atoms with Crippen LogP contribution >= 0.6 is 23.2 Å². The Morgan fingerprint density at radius 1 is 1.42 bits per heavy atom. The number of amides is 1. The van der Waals surface area contributed by atoms with Crippen LogP contribution in [0, 0.1) is 0 Å². The second-order valence-electron chi connectivity index (χ2n) is 6.17. The molecule has 1 aliphatic rings. The van der Waals surface area contributed by atoms with Crippen molar-refractivity contribution in [2.75, 3.05) is 0 Å². The van der Waals surface area contributed by atoms with Crippen LogP contribution in [0.4, 0.5) is 4.39 Å². The van der Waals surface area contributed by atoms with Crippen molar-refractivity contribution in [1.82, 2.24) is 10.3 Å². The number of rotatable bonds is 4. The molecule has 0 saturated carbocycles. The lowest BCUT2D eigenvalue weighted by atomic mass is 9.80. The first-order valence-electron chi connectivity index (χ1n) is 8.05. The minimum Gasteiger partial charge on any atom is -0.392 e. The molecule has 0 aliphatic heterocycles. The molecule has 136 valence electrons. The van der Waals surface area contributed by atoms with Gasteiger partial charge in [-0.05, 0) is 47.7 Å². The van der Waals surface area contributed by atoms with E-state index in [0.29, 0.717) is 38.9 Å². The van der Waals surface area contributed by atoms with E-state index >= 15 is 4.39 Å². The van der Waals surface area contributed by atoms with Gasteiger partial charge in [-0.2, -0.15) is 0 Å². The van der Waals surface area contributed by atoms with Gasteiger partial charge < -0.3 is 10.4 Å². The number of hydrogen-bond acceptors (Lipinski definition) is 3. The first-order chi connectivity index (χ1) is 12.4. The van der Waals surface area contributed by atoms with E-state index in [1.165, 1.54) is 6.07 Å². The Morgan fingerprint density at radius 3 is 2.92 bits per heavy atom. The van der Waals surface area contributed by atoms with Crippen LogP contribution in [0.1, 0.15) is 35.2 Å². The standard InChI is InChI=1S/C19H17Cl2FN2O2/c1-11-4-5-19(22,15-3-2-6-23-17(11)15)18(26)24-9-14-12(10-25)7-13(20)8-16(14)21/h2-3,6-8,25H,1,4-5,9-10H2,(H,24,26). The van der Waals surface area contributed by atoms with Crippen molar-refractivity contribution in [1.29, 1.82) is 0 Å². The Balaban J connectivity index is 1.86. The summed E-state index contributed by atoms with van der Waals surface area (Å²) in [4.78, 5) is 16.8. The fourth-order valence-corrected chi connectivity index (χ4v) is 3.73. The fraction of sp³-hybridized carbons (Fsp3) is 0.263. The number of benzene rings is 1. The Hall–Kier alpha value is -1.95. The quantitative estimate of drug-likeness (QED) is 0.817. The fourth-order valence-electron chi connectivity index (χ4n) is 3.12. The second-order valence-corrected chi connectivity index (χ2v) is 7.01. The minimum absolute atomic E-state index is 0.00241. The van der Waals surface area contributed by atoms with Crippen LogP contribution in [0.2, 0.25) is 10.0 Å². The van der Waals surface area contributed by atoms with Crippen LogP contribution in [0.25, 0.3) is 5.57 Å². The third-order valence-corrected chi connectivity index (χ3v) is 5.10. The van der Waals surface area contributed by atoms with Crippen molar-refractivity contribution in [2.45, 2.75) is 31.7 Å². The topological polar surface area (TPSA) is 62.2 Å². The zero-order chi connectivity index (χ0) is 18.9. The summed E-state index contributed by atoms with van der Waals surface area (Å²) in [6.45, 7) is 3.58. The maximum Gasteiger partial charge on any atom is 0.262 e. The molecule has 0 saturated heterocycles. The summed E-state index contributed by atoms with van der Waals surface area (Å²) in [5, 5.41) is 12.7. The molecule has 0 bridgehead atoms. The van der Waals surface area contributed by atoms with Crippen molar-refractivity contribution in [3.63, 3.8) is 0 Å². The zero-order valence-electron chi connectivity index (χ0n) is 13.9. The van der Waals surface area contributed by atoms with Crippen LogP contribution in [0.5, 0.6) is 0 Å². The van der Waals surface area contributed by atoms with E-state index in [9.17, 15) is 9.90 Å². The number of allylic oxidation sites excluding steroid dienone is 1. The molecule has 0 spiro atoms. The Labute approximate surface area is 160 Å². The van der Waals surface area contributed by atoms with Crippen molar-refractivity contribution >= 4 is 34.7 Å². The zero-order valence-corrected chi connectivity index (χ0v) is 15.4. The number of carbonyl (C=O) groups excluding carboxylic acids is 1. The molecule has 1 atom stereocenters. The van der Waals surface area contributed by atoms with Gasteiger partial charge in [0.1, 0.15) is 0 Å². The number of alkyl halides is 1. The van der Waals surface area contributed by atoms with Gasteiger partial charge in [0.2, 0.25) is 5.67 Å². The molecule has 1 unspecified atom stereocenters. The molecule has 1 heterocycles. The van der Waals surface area contributed by atoms with E-state index < -0.39 is 11.6 Å². The monoisotopic (exact) mass is 394 g/mol. The maximum atomic E-state index is 15.6. The number of pyridine rings is 1. The van der Waals surface area contributed by atoms with E-state index in [0.717, 1.165) is 0 Å². The summed E-state index contributed by atoms with van der Waals surface area (Å²) >= 11 is 12.1. The van der Waals surface area contributed by atoms with Gasteiger partial charge in [0.15, 0.2) is 0 Å². The molecule has 1 aliphatic carbocycles. The van der Waals surface area contributed by atoms with Gasteiger partial charge in [-0.25, -0.2) is 4.39 Å². The molecule has 1 amide bonds. The number of halogens is 3. The van der Waals surface area contributed by atoms with Gasteiger partial charge in [-0.1, -0.05) is 35.8 Å². The number of aliphatic hydroxyl groups excluding tert-OH is 1. The van der Waals surface area contributed by atoms with Gasteiger partial charge in [-0.3, -0.25) is 9.78 Å². The molecule has 3 rings (SSSR count). The number of hydrogen-bond donors (Lipinski definition) is 2. The first kappa shape index (κ1) is 18.8. The van der Waals surface area contributed by atoms with Crippen LogP contribution in [0.15, 0.2) is 37.0 Å². The largest absolute Gasteiger partial charge is 0.392 e. The average molecular weight is 395 g/mol. The predicted molar refractivity (Wildman–Crippen MR) is 99.5 cm³/mol. The molecule has 2 N–H and O–H groups in total. The van der Waals surface area contributed by atoms with E-state index in [1.54, 1.807) is 24.4 Å². The highest BCUT2D eigenvalue weighted by molar-refractivity contribution is 6.35. The summed E-state index contributed by atoms with van der Waals surface area (Å²) in [6, 6.07) is 6.22. The number of fused-ring (bicyclic) bond motifs is 1. The Kier molecular flexibility index (Phi) is 5.32. The van der Waals surface area contributed by atoms with E-state index in [-0.39, 0.29) is 25.1 Å². The van der Waals surface area contributed by atoms with E-state index in [2.05, 4.69) is 16.9 Å². The molecule has 26 heavy (non-hydrogen) atoms. The second kappa shape index (κ2) is 7.35. The van der Waals surface area contributed by atoms with Crippen LogP contribution in [-0.2, 0) is 23.6 Å². The molecule has 1 aromatic heterocycles. The van der Waals surface area contributed by atoms with Gasteiger partial charge in [0.25, 0.3) is 5.91 Å². The van der Waals surface area contributed by atoms with Crippen LogP contribution in [-0.4, -0.2) is 16.0 Å². The molecular weight excluding hydrogens is 378 g/mol. The van der Waals surface area contributed by atoms with Gasteiger partial charge >= 0.3 is 0 Å². The Morgan fingerprint density at radius 2 is 2.19 bits per heavy atom. The molecule has 1 aromatic carbocycles. The first-order valence-corrected chi connectivity index (χ1v) is 8.81. The summed E-state index contributed by atoms with van der Waals surface area (Å²) in [6.07, 6.45) is 1.89. The van der Waals surface area contributed by atoms with Crippen LogP contribution < -0.4 is 5.32 Å². The lowest BCUT2D eigenvalue weighted by Gasteiger charge is -2.31. The van der Waals surface area contributed by atoms with Crippen molar-refractivity contribution in [2.24, 2.45) is 0 Å². The number of nitrogens with one attached hydrogen (secondary N) is 1. The minimum atomic E-state index is -2.19. The lowest BCUT2D eigenvalue weighted by Crippen LogP contribution is -2.43. The molecular formula is C19H17Cl2FN2O2. The highest BCUT2D eigenvalue weighted by Gasteiger charge is 2.45. The van der Waals surface area contributed by atoms with Crippen molar-refractivity contribution < 1.29 is 14.3 Å². The van der Waals surface area contributed by atoms with Crippen molar-refractivity contribution in [3.05, 3.63) is 69.5 Å². The number of aliphatic hydroxyl groups is 1. The highest BCUT2D eigenvalue weighted by atomic mass is 35.5. The smallest absolute Gasteiger partial charge is 0.262 e. The maximum absolute atomic E-state index is 15.6. The summed E-state index contributed by atoms with van der Waals surface area (Å²) < 4.78 is 15.6. The van der Waals surface area contributed by atoms with Gasteiger partial charge in [0.05, 0.1) is 12.3 Å². The average Bonchev–Trinajstić information content (AvgIpc) is 2.63. The van der Waals surface area contributed by atoms with Crippen molar-refractivity contribution in [3.8, 4) is 0 Å². The van der Waals surface area contributed by atoms with Gasteiger partial charge in [-0.15, -0.1) is 0 Å². The Bertz CT molecular complexity index is 888. The molecule has 0 fully saturated rings. The molecule has 2 aromatic rings. The summed E-state index contributed by atoms with van der Waals surface area (Å²) in [7, 11) is 0. The van der Waals surface area contributed by atoms with Crippen LogP contribution in [0.3, 0.4) is 0 Å². The molecule has 7 heteroatoms. The highest BCUT2D eigenvalue weighted by Crippen LogP contribution is 2.42. The molecule has 0 radical (unpaired) electrons. The molecule has 4 nitrogen and oxygen atoms in total. The SMILES string of the molecule is C=C1CCC(F)(C(=O)NCc2c(Cl)cc(Cl)cc2CO)c2cccnc21. The normalized spacial score (nSPS) is 19.2. The number of nitrogens with zero attached hydrogens (tertiary/aromatic N) is 1. The van der Waals surface area contributed by atoms with E-state index in [1.807, 2.05) is 0 Å². The number of carbonyl (C=O) groups is 1. The predicted octanol–water partition coefficient (Wildman–Crippen LogP) is 4.17. The van der Waals surface area contributed by atoms with Gasteiger partial charge in [0, 0.05) is 28.4 Å².